The van der Waals surface area contributed by atoms with Gasteiger partial charge in [0.2, 0.25) is 0 Å². The summed E-state index contributed by atoms with van der Waals surface area (Å²) >= 11 is 0. The lowest BCUT2D eigenvalue weighted by atomic mass is 10.2. The summed E-state index contributed by atoms with van der Waals surface area (Å²) in [5.74, 6) is 1.18. The van der Waals surface area contributed by atoms with Gasteiger partial charge in [-0.15, -0.1) is 0 Å². The van der Waals surface area contributed by atoms with Gasteiger partial charge in [0.05, 0.1) is 11.0 Å². The van der Waals surface area contributed by atoms with Crippen LogP contribution in [0.2, 0.25) is 0 Å². The molecular weight excluding hydrogens is 210 g/mol. The summed E-state index contributed by atoms with van der Waals surface area (Å²) in [5, 5.41) is 3.18. The molecule has 0 saturated carbocycles. The van der Waals surface area contributed by atoms with Crippen molar-refractivity contribution in [1.82, 2.24) is 14.9 Å². The fourth-order valence-corrected chi connectivity index (χ4v) is 2.25. The van der Waals surface area contributed by atoms with Crippen molar-refractivity contribution in [3.05, 3.63) is 29.6 Å². The second-order valence-electron chi connectivity index (χ2n) is 4.84. The molecule has 0 amide bonds. The number of fused-ring (bicyclic) bond motifs is 1. The monoisotopic (exact) mass is 231 g/mol. The molecule has 2 rings (SSSR count). The zero-order valence-electron chi connectivity index (χ0n) is 11.1. The largest absolute Gasteiger partial charge is 0.325 e. The molecule has 17 heavy (non-hydrogen) atoms. The minimum atomic E-state index is 0.453. The molecule has 0 aliphatic carbocycles. The average molecular weight is 231 g/mol. The molecule has 0 aliphatic rings. The first kappa shape index (κ1) is 12.1. The number of hydrogen-bond acceptors (Lipinski definition) is 2. The molecular formula is C14H21N3. The van der Waals surface area contributed by atoms with Gasteiger partial charge >= 0.3 is 0 Å². The second-order valence-corrected chi connectivity index (χ2v) is 4.84. The molecule has 3 heteroatoms. The summed E-state index contributed by atoms with van der Waals surface area (Å²) in [7, 11) is 1.98. The molecule has 0 saturated heterocycles. The van der Waals surface area contributed by atoms with Gasteiger partial charge in [0.15, 0.2) is 0 Å². The molecule has 92 valence electrons. The standard InChI is InChI=1S/C14H21N3/c1-10(2)17-13-6-5-11(3)9-12(13)16-14(17)7-8-15-4/h5-6,9-10,15H,7-8H2,1-4H3. The minimum Gasteiger partial charge on any atom is -0.325 e. The second kappa shape index (κ2) is 4.88. The van der Waals surface area contributed by atoms with E-state index in [0.717, 1.165) is 18.5 Å². The lowest BCUT2D eigenvalue weighted by molar-refractivity contribution is 0.577. The van der Waals surface area contributed by atoms with Crippen LogP contribution >= 0.6 is 0 Å². The lowest BCUT2D eigenvalue weighted by Crippen LogP contribution is -2.15. The number of nitrogens with one attached hydrogen (secondary N) is 1. The van der Waals surface area contributed by atoms with E-state index in [1.54, 1.807) is 0 Å². The van der Waals surface area contributed by atoms with Crippen LogP contribution < -0.4 is 5.32 Å². The third-order valence-corrected chi connectivity index (χ3v) is 3.03. The van der Waals surface area contributed by atoms with Crippen LogP contribution in [0.3, 0.4) is 0 Å². The van der Waals surface area contributed by atoms with Gasteiger partial charge in [-0.05, 0) is 45.5 Å². The molecule has 2 aromatic rings. The summed E-state index contributed by atoms with van der Waals surface area (Å²) in [6.07, 6.45) is 0.975. The molecule has 0 fully saturated rings. The van der Waals surface area contributed by atoms with E-state index in [0.29, 0.717) is 6.04 Å². The highest BCUT2D eigenvalue weighted by Gasteiger charge is 2.12. The number of benzene rings is 1. The Balaban J connectivity index is 2.53. The number of rotatable bonds is 4. The predicted molar refractivity (Wildman–Crippen MR) is 72.5 cm³/mol. The van der Waals surface area contributed by atoms with Crippen molar-refractivity contribution in [2.24, 2.45) is 0 Å². The van der Waals surface area contributed by atoms with Crippen LogP contribution in [0.1, 0.15) is 31.3 Å². The van der Waals surface area contributed by atoms with Gasteiger partial charge in [0.25, 0.3) is 0 Å². The highest BCUT2D eigenvalue weighted by Crippen LogP contribution is 2.22. The Labute approximate surface area is 103 Å². The average Bonchev–Trinajstić information content (AvgIpc) is 2.63. The van der Waals surface area contributed by atoms with Crippen molar-refractivity contribution in [2.75, 3.05) is 13.6 Å². The third-order valence-electron chi connectivity index (χ3n) is 3.03. The van der Waals surface area contributed by atoms with Crippen LogP contribution in [-0.4, -0.2) is 23.1 Å². The van der Waals surface area contributed by atoms with Gasteiger partial charge < -0.3 is 9.88 Å². The molecule has 0 unspecified atom stereocenters. The van der Waals surface area contributed by atoms with Crippen LogP contribution in [0.5, 0.6) is 0 Å². The van der Waals surface area contributed by atoms with Crippen molar-refractivity contribution in [3.8, 4) is 0 Å². The van der Waals surface area contributed by atoms with Crippen molar-refractivity contribution in [2.45, 2.75) is 33.2 Å². The van der Waals surface area contributed by atoms with Crippen LogP contribution in [0.25, 0.3) is 11.0 Å². The first-order chi connectivity index (χ1) is 8.13. The summed E-state index contributed by atoms with van der Waals surface area (Å²) in [5.41, 5.74) is 3.63. The van der Waals surface area contributed by atoms with Gasteiger partial charge in [-0.1, -0.05) is 6.07 Å². The van der Waals surface area contributed by atoms with Crippen molar-refractivity contribution >= 4 is 11.0 Å². The number of hydrogen-bond donors (Lipinski definition) is 1. The molecule has 0 aliphatic heterocycles. The van der Waals surface area contributed by atoms with E-state index in [-0.39, 0.29) is 0 Å². The number of aryl methyl sites for hydroxylation is 1. The number of aromatic nitrogens is 2. The molecule has 1 aromatic heterocycles. The van der Waals surface area contributed by atoms with E-state index in [4.69, 9.17) is 4.98 Å². The molecule has 0 spiro atoms. The first-order valence-electron chi connectivity index (χ1n) is 6.25. The number of likely N-dealkylation sites (N-methyl/N-ethyl adjacent to an activating group) is 1. The van der Waals surface area contributed by atoms with Crippen LogP contribution in [0, 0.1) is 6.92 Å². The Morgan fingerprint density at radius 3 is 2.76 bits per heavy atom. The predicted octanol–water partition coefficient (Wildman–Crippen LogP) is 2.69. The minimum absolute atomic E-state index is 0.453. The van der Waals surface area contributed by atoms with Crippen molar-refractivity contribution < 1.29 is 0 Å². The summed E-state index contributed by atoms with van der Waals surface area (Å²) < 4.78 is 2.34. The van der Waals surface area contributed by atoms with E-state index in [1.807, 2.05) is 7.05 Å². The van der Waals surface area contributed by atoms with Crippen molar-refractivity contribution in [3.63, 3.8) is 0 Å². The van der Waals surface area contributed by atoms with Crippen LogP contribution in [-0.2, 0) is 6.42 Å². The van der Waals surface area contributed by atoms with Gasteiger partial charge in [-0.25, -0.2) is 4.98 Å². The fraction of sp³-hybridized carbons (Fsp3) is 0.500. The summed E-state index contributed by atoms with van der Waals surface area (Å²) in [4.78, 5) is 4.76. The van der Waals surface area contributed by atoms with Gasteiger partial charge in [0, 0.05) is 19.0 Å². The zero-order valence-corrected chi connectivity index (χ0v) is 11.1. The number of imidazole rings is 1. The van der Waals surface area contributed by atoms with Gasteiger partial charge in [-0.2, -0.15) is 0 Å². The first-order valence-corrected chi connectivity index (χ1v) is 6.25. The Hall–Kier alpha value is -1.35. The quantitative estimate of drug-likeness (QED) is 0.876. The Morgan fingerprint density at radius 2 is 2.12 bits per heavy atom. The maximum Gasteiger partial charge on any atom is 0.111 e. The van der Waals surface area contributed by atoms with Crippen LogP contribution in [0.4, 0.5) is 0 Å². The van der Waals surface area contributed by atoms with Crippen LogP contribution in [0.15, 0.2) is 18.2 Å². The molecule has 1 N–H and O–H groups in total. The highest BCUT2D eigenvalue weighted by molar-refractivity contribution is 5.77. The Kier molecular flexibility index (Phi) is 3.48. The molecule has 3 nitrogen and oxygen atoms in total. The highest BCUT2D eigenvalue weighted by atomic mass is 15.1. The van der Waals surface area contributed by atoms with E-state index in [2.05, 4.69) is 48.9 Å². The summed E-state index contributed by atoms with van der Waals surface area (Å²) in [6, 6.07) is 6.96. The molecule has 1 aromatic carbocycles. The maximum absolute atomic E-state index is 4.76. The van der Waals surface area contributed by atoms with E-state index in [1.165, 1.54) is 16.9 Å². The molecule has 0 atom stereocenters. The van der Waals surface area contributed by atoms with E-state index >= 15 is 0 Å². The lowest BCUT2D eigenvalue weighted by Gasteiger charge is -2.12. The third kappa shape index (κ3) is 2.34. The van der Waals surface area contributed by atoms with Gasteiger partial charge in [0.1, 0.15) is 5.82 Å². The maximum atomic E-state index is 4.76. The normalized spacial score (nSPS) is 11.6. The fourth-order valence-electron chi connectivity index (χ4n) is 2.25. The SMILES string of the molecule is CNCCc1nc2cc(C)ccc2n1C(C)C. The Morgan fingerprint density at radius 1 is 1.35 bits per heavy atom. The Bertz CT molecular complexity index is 511. The molecule has 0 radical (unpaired) electrons. The molecule has 0 bridgehead atoms. The zero-order chi connectivity index (χ0) is 12.4. The summed E-state index contributed by atoms with van der Waals surface area (Å²) in [6.45, 7) is 7.50. The van der Waals surface area contributed by atoms with Gasteiger partial charge in [-0.3, -0.25) is 0 Å². The van der Waals surface area contributed by atoms with Crippen molar-refractivity contribution in [1.29, 1.82) is 0 Å². The molecule has 1 heterocycles. The van der Waals surface area contributed by atoms with E-state index < -0.39 is 0 Å². The number of nitrogens with zero attached hydrogens (tertiary/aromatic N) is 2. The topological polar surface area (TPSA) is 29.9 Å². The smallest absolute Gasteiger partial charge is 0.111 e. The van der Waals surface area contributed by atoms with E-state index in [9.17, 15) is 0 Å².